The van der Waals surface area contributed by atoms with Crippen LogP contribution in [0.1, 0.15) is 21.5 Å². The molecule has 0 aromatic heterocycles. The van der Waals surface area contributed by atoms with Crippen LogP contribution in [0.5, 0.6) is 5.75 Å². The molecule has 3 nitrogen and oxygen atoms in total. The third-order valence-electron chi connectivity index (χ3n) is 3.01. The van der Waals surface area contributed by atoms with E-state index in [-0.39, 0.29) is 5.91 Å². The van der Waals surface area contributed by atoms with Crippen LogP contribution in [0, 0.1) is 0 Å². The molecule has 0 aliphatic rings. The molecule has 0 fully saturated rings. The Morgan fingerprint density at radius 2 is 2.00 bits per heavy atom. The number of nitrogens with one attached hydrogen (secondary N) is 1. The number of hydrogen-bond acceptors (Lipinski definition) is 2. The largest absolute Gasteiger partial charge is 0.496 e. The predicted molar refractivity (Wildman–Crippen MR) is 88.2 cm³/mol. The molecular formula is C16H15BrClNO2. The van der Waals surface area contributed by atoms with E-state index in [0.29, 0.717) is 22.9 Å². The number of halogens is 2. The van der Waals surface area contributed by atoms with Gasteiger partial charge in [0, 0.05) is 16.9 Å². The number of carbonyl (C=O) groups excluding carboxylic acids is 1. The molecule has 2 rings (SSSR count). The molecule has 0 bridgehead atoms. The monoisotopic (exact) mass is 367 g/mol. The number of amides is 1. The summed E-state index contributed by atoms with van der Waals surface area (Å²) in [5.41, 5.74) is 2.69. The summed E-state index contributed by atoms with van der Waals surface area (Å²) < 4.78 is 5.18. The zero-order valence-electron chi connectivity index (χ0n) is 11.5. The van der Waals surface area contributed by atoms with Crippen molar-refractivity contribution in [2.75, 3.05) is 7.11 Å². The van der Waals surface area contributed by atoms with Gasteiger partial charge in [-0.25, -0.2) is 0 Å². The van der Waals surface area contributed by atoms with Crippen LogP contribution in [0.15, 0.2) is 42.5 Å². The molecule has 1 N–H and O–H groups in total. The SMILES string of the molecule is COc1cc(Cl)ccc1C(=O)NCc1cccc(CBr)c1. The van der Waals surface area contributed by atoms with Crippen LogP contribution < -0.4 is 10.1 Å². The highest BCUT2D eigenvalue weighted by Crippen LogP contribution is 2.23. The van der Waals surface area contributed by atoms with Crippen molar-refractivity contribution in [2.24, 2.45) is 0 Å². The molecule has 0 spiro atoms. The Labute approximate surface area is 137 Å². The molecule has 0 atom stereocenters. The van der Waals surface area contributed by atoms with Gasteiger partial charge in [-0.05, 0) is 29.3 Å². The van der Waals surface area contributed by atoms with Crippen molar-refractivity contribution >= 4 is 33.4 Å². The molecular weight excluding hydrogens is 354 g/mol. The number of alkyl halides is 1. The van der Waals surface area contributed by atoms with Crippen molar-refractivity contribution in [1.82, 2.24) is 5.32 Å². The Bertz CT molecular complexity index is 646. The molecule has 21 heavy (non-hydrogen) atoms. The first kappa shape index (κ1) is 15.9. The molecule has 2 aromatic carbocycles. The summed E-state index contributed by atoms with van der Waals surface area (Å²) in [4.78, 5) is 12.2. The van der Waals surface area contributed by atoms with Crippen molar-refractivity contribution in [3.8, 4) is 5.75 Å². The second-order valence-corrected chi connectivity index (χ2v) is 5.48. The van der Waals surface area contributed by atoms with Gasteiger partial charge < -0.3 is 10.1 Å². The van der Waals surface area contributed by atoms with Crippen LogP contribution >= 0.6 is 27.5 Å². The summed E-state index contributed by atoms with van der Waals surface area (Å²) in [6.45, 7) is 0.464. The zero-order chi connectivity index (χ0) is 15.2. The van der Waals surface area contributed by atoms with E-state index >= 15 is 0 Å². The van der Waals surface area contributed by atoms with Crippen LogP contribution in [-0.4, -0.2) is 13.0 Å². The molecule has 0 heterocycles. The zero-order valence-corrected chi connectivity index (χ0v) is 13.9. The van der Waals surface area contributed by atoms with Crippen LogP contribution in [0.3, 0.4) is 0 Å². The molecule has 0 aliphatic carbocycles. The molecule has 0 unspecified atom stereocenters. The fourth-order valence-electron chi connectivity index (χ4n) is 1.95. The lowest BCUT2D eigenvalue weighted by molar-refractivity contribution is 0.0948. The van der Waals surface area contributed by atoms with Gasteiger partial charge in [0.25, 0.3) is 5.91 Å². The highest BCUT2D eigenvalue weighted by atomic mass is 79.9. The van der Waals surface area contributed by atoms with Crippen molar-refractivity contribution in [2.45, 2.75) is 11.9 Å². The van der Waals surface area contributed by atoms with E-state index in [0.717, 1.165) is 10.9 Å². The summed E-state index contributed by atoms with van der Waals surface area (Å²) in [6.07, 6.45) is 0. The van der Waals surface area contributed by atoms with Crippen LogP contribution in [0.2, 0.25) is 5.02 Å². The second kappa shape index (κ2) is 7.48. The topological polar surface area (TPSA) is 38.3 Å². The summed E-state index contributed by atoms with van der Waals surface area (Å²) in [6, 6.07) is 13.0. The fraction of sp³-hybridized carbons (Fsp3) is 0.188. The maximum atomic E-state index is 12.2. The Kier molecular flexibility index (Phi) is 5.65. The average Bonchev–Trinajstić information content (AvgIpc) is 2.52. The molecule has 2 aromatic rings. The molecule has 0 saturated heterocycles. The number of rotatable bonds is 5. The second-order valence-electron chi connectivity index (χ2n) is 4.48. The summed E-state index contributed by atoms with van der Waals surface area (Å²) in [7, 11) is 1.52. The van der Waals surface area contributed by atoms with Crippen LogP contribution in [-0.2, 0) is 11.9 Å². The van der Waals surface area contributed by atoms with Gasteiger partial charge >= 0.3 is 0 Å². The van der Waals surface area contributed by atoms with Gasteiger partial charge in [0.15, 0.2) is 0 Å². The Balaban J connectivity index is 2.08. The third-order valence-corrected chi connectivity index (χ3v) is 3.89. The van der Waals surface area contributed by atoms with Gasteiger partial charge in [-0.1, -0.05) is 51.8 Å². The van der Waals surface area contributed by atoms with Gasteiger partial charge in [-0.2, -0.15) is 0 Å². The van der Waals surface area contributed by atoms with Crippen molar-refractivity contribution in [3.05, 3.63) is 64.2 Å². The molecule has 1 amide bonds. The van der Waals surface area contributed by atoms with Gasteiger partial charge in [0.2, 0.25) is 0 Å². The number of methoxy groups -OCH3 is 1. The van der Waals surface area contributed by atoms with Gasteiger partial charge in [-0.15, -0.1) is 0 Å². The van der Waals surface area contributed by atoms with Crippen molar-refractivity contribution < 1.29 is 9.53 Å². The Morgan fingerprint density at radius 1 is 1.24 bits per heavy atom. The first-order valence-corrected chi connectivity index (χ1v) is 7.89. The van der Waals surface area contributed by atoms with Crippen LogP contribution in [0.4, 0.5) is 0 Å². The van der Waals surface area contributed by atoms with E-state index in [9.17, 15) is 4.79 Å². The lowest BCUT2D eigenvalue weighted by Crippen LogP contribution is -2.23. The van der Waals surface area contributed by atoms with Crippen molar-refractivity contribution in [3.63, 3.8) is 0 Å². The maximum absolute atomic E-state index is 12.2. The summed E-state index contributed by atoms with van der Waals surface area (Å²) in [5.74, 6) is 0.280. The Morgan fingerprint density at radius 3 is 2.71 bits per heavy atom. The van der Waals surface area contributed by atoms with Gasteiger partial charge in [0.05, 0.1) is 12.7 Å². The van der Waals surface area contributed by atoms with Gasteiger partial charge in [0.1, 0.15) is 5.75 Å². The number of ether oxygens (including phenoxy) is 1. The minimum absolute atomic E-state index is 0.187. The van der Waals surface area contributed by atoms with Gasteiger partial charge in [-0.3, -0.25) is 4.79 Å². The van der Waals surface area contributed by atoms with E-state index in [1.165, 1.54) is 12.7 Å². The minimum atomic E-state index is -0.187. The molecule has 0 saturated carbocycles. The number of benzene rings is 2. The molecule has 0 aliphatic heterocycles. The standard InChI is InChI=1S/C16H15BrClNO2/c1-21-15-8-13(18)5-6-14(15)16(20)19-10-12-4-2-3-11(7-12)9-17/h2-8H,9-10H2,1H3,(H,19,20). The summed E-state index contributed by atoms with van der Waals surface area (Å²) in [5, 5.41) is 4.21. The quantitative estimate of drug-likeness (QED) is 0.804. The smallest absolute Gasteiger partial charge is 0.255 e. The van der Waals surface area contributed by atoms with E-state index in [1.807, 2.05) is 24.3 Å². The van der Waals surface area contributed by atoms with E-state index in [4.69, 9.17) is 16.3 Å². The van der Waals surface area contributed by atoms with E-state index in [1.54, 1.807) is 18.2 Å². The highest BCUT2D eigenvalue weighted by Gasteiger charge is 2.12. The van der Waals surface area contributed by atoms with Crippen molar-refractivity contribution in [1.29, 1.82) is 0 Å². The highest BCUT2D eigenvalue weighted by molar-refractivity contribution is 9.08. The number of hydrogen-bond donors (Lipinski definition) is 1. The first-order chi connectivity index (χ1) is 10.1. The Hall–Kier alpha value is -1.52. The average molecular weight is 369 g/mol. The summed E-state index contributed by atoms with van der Waals surface area (Å²) >= 11 is 9.31. The lowest BCUT2D eigenvalue weighted by atomic mass is 10.1. The maximum Gasteiger partial charge on any atom is 0.255 e. The fourth-order valence-corrected chi connectivity index (χ4v) is 2.46. The third kappa shape index (κ3) is 4.22. The van der Waals surface area contributed by atoms with E-state index in [2.05, 4.69) is 21.2 Å². The minimum Gasteiger partial charge on any atom is -0.496 e. The van der Waals surface area contributed by atoms with Crippen LogP contribution in [0.25, 0.3) is 0 Å². The number of carbonyl (C=O) groups is 1. The molecule has 5 heteroatoms. The molecule has 110 valence electrons. The normalized spacial score (nSPS) is 10.2. The predicted octanol–water partition coefficient (Wildman–Crippen LogP) is 4.17. The molecule has 0 radical (unpaired) electrons. The lowest BCUT2D eigenvalue weighted by Gasteiger charge is -2.10. The first-order valence-electron chi connectivity index (χ1n) is 6.39. The van der Waals surface area contributed by atoms with E-state index < -0.39 is 0 Å².